The second-order valence-corrected chi connectivity index (χ2v) is 5.33. The predicted octanol–water partition coefficient (Wildman–Crippen LogP) is 2.72. The maximum absolute atomic E-state index is 5.80. The molecule has 1 fully saturated rings. The van der Waals surface area contributed by atoms with Crippen molar-refractivity contribution >= 4 is 5.69 Å². The van der Waals surface area contributed by atoms with Crippen molar-refractivity contribution in [3.05, 3.63) is 29.3 Å². The maximum atomic E-state index is 5.80. The topological polar surface area (TPSA) is 24.5 Å². The second-order valence-electron chi connectivity index (χ2n) is 5.33. The van der Waals surface area contributed by atoms with Gasteiger partial charge in [0.2, 0.25) is 0 Å². The Bertz CT molecular complexity index is 404. The number of nitrogens with one attached hydrogen (secondary N) is 1. The number of hydrogen-bond acceptors (Lipinski definition) is 3. The predicted molar refractivity (Wildman–Crippen MR) is 80.8 cm³/mol. The van der Waals surface area contributed by atoms with Crippen LogP contribution in [-0.2, 0) is 11.3 Å². The van der Waals surface area contributed by atoms with E-state index in [1.807, 2.05) is 7.05 Å². The van der Waals surface area contributed by atoms with Gasteiger partial charge in [-0.05, 0) is 45.4 Å². The van der Waals surface area contributed by atoms with Gasteiger partial charge in [-0.25, -0.2) is 0 Å². The molecule has 1 aliphatic heterocycles. The molecule has 0 radical (unpaired) electrons. The number of nitrogens with zero attached hydrogens (tertiary/aromatic N) is 1. The number of benzene rings is 1. The van der Waals surface area contributed by atoms with Gasteiger partial charge in [-0.2, -0.15) is 0 Å². The molecule has 0 aromatic heterocycles. The summed E-state index contributed by atoms with van der Waals surface area (Å²) in [6.07, 6.45) is 2.80. The lowest BCUT2D eigenvalue weighted by Gasteiger charge is -2.35. The zero-order valence-corrected chi connectivity index (χ0v) is 12.4. The van der Waals surface area contributed by atoms with E-state index in [4.69, 9.17) is 4.74 Å². The Balaban J connectivity index is 2.15. The molecule has 0 saturated carbocycles. The van der Waals surface area contributed by atoms with Crippen LogP contribution in [0.1, 0.15) is 30.9 Å². The van der Waals surface area contributed by atoms with Crippen LogP contribution in [0.25, 0.3) is 0 Å². The van der Waals surface area contributed by atoms with Crippen LogP contribution in [0.5, 0.6) is 0 Å². The van der Waals surface area contributed by atoms with Crippen LogP contribution < -0.4 is 10.2 Å². The average Bonchev–Trinajstić information content (AvgIpc) is 2.40. The summed E-state index contributed by atoms with van der Waals surface area (Å²) >= 11 is 0. The van der Waals surface area contributed by atoms with Gasteiger partial charge in [-0.1, -0.05) is 17.7 Å². The van der Waals surface area contributed by atoms with Crippen LogP contribution >= 0.6 is 0 Å². The van der Waals surface area contributed by atoms with Crippen LogP contribution in [0.4, 0.5) is 5.69 Å². The highest BCUT2D eigenvalue weighted by molar-refractivity contribution is 5.55. The minimum atomic E-state index is 0.391. The minimum absolute atomic E-state index is 0.391. The first kappa shape index (κ1) is 14.4. The Kier molecular flexibility index (Phi) is 5.23. The van der Waals surface area contributed by atoms with Crippen molar-refractivity contribution in [2.24, 2.45) is 0 Å². The lowest BCUT2D eigenvalue weighted by atomic mass is 10.0. The highest BCUT2D eigenvalue weighted by Crippen LogP contribution is 2.26. The SMILES string of the molecule is CCOC1CCCN(c2ccc(C)cc2CNC)C1. The fourth-order valence-corrected chi connectivity index (χ4v) is 2.88. The Labute approximate surface area is 116 Å². The van der Waals surface area contributed by atoms with E-state index >= 15 is 0 Å². The molecule has 1 saturated heterocycles. The lowest BCUT2D eigenvalue weighted by Crippen LogP contribution is -2.40. The number of piperidine rings is 1. The molecule has 3 heteroatoms. The Morgan fingerprint density at radius 3 is 3.00 bits per heavy atom. The monoisotopic (exact) mass is 262 g/mol. The van der Waals surface area contributed by atoms with Gasteiger partial charge in [-0.15, -0.1) is 0 Å². The molecule has 1 N–H and O–H groups in total. The molecular formula is C16H26N2O. The third kappa shape index (κ3) is 3.71. The van der Waals surface area contributed by atoms with Crippen LogP contribution in [0.3, 0.4) is 0 Å². The van der Waals surface area contributed by atoms with Crippen molar-refractivity contribution in [1.82, 2.24) is 5.32 Å². The Morgan fingerprint density at radius 1 is 1.42 bits per heavy atom. The van der Waals surface area contributed by atoms with Crippen molar-refractivity contribution in [2.75, 3.05) is 31.6 Å². The van der Waals surface area contributed by atoms with Crippen molar-refractivity contribution in [3.8, 4) is 0 Å². The van der Waals surface area contributed by atoms with E-state index in [1.165, 1.54) is 29.7 Å². The molecule has 0 amide bonds. The fourth-order valence-electron chi connectivity index (χ4n) is 2.88. The Hall–Kier alpha value is -1.06. The van der Waals surface area contributed by atoms with E-state index in [0.29, 0.717) is 6.10 Å². The molecule has 1 atom stereocenters. The zero-order chi connectivity index (χ0) is 13.7. The van der Waals surface area contributed by atoms with Crippen LogP contribution in [0, 0.1) is 6.92 Å². The van der Waals surface area contributed by atoms with Gasteiger partial charge in [0.05, 0.1) is 6.10 Å². The van der Waals surface area contributed by atoms with Crippen molar-refractivity contribution in [3.63, 3.8) is 0 Å². The van der Waals surface area contributed by atoms with E-state index in [2.05, 4.69) is 42.3 Å². The van der Waals surface area contributed by atoms with Gasteiger partial charge >= 0.3 is 0 Å². The van der Waals surface area contributed by atoms with Crippen molar-refractivity contribution in [1.29, 1.82) is 0 Å². The molecule has 0 spiro atoms. The highest BCUT2D eigenvalue weighted by Gasteiger charge is 2.21. The van der Waals surface area contributed by atoms with Crippen LogP contribution in [0.2, 0.25) is 0 Å². The molecule has 2 rings (SSSR count). The first-order valence-corrected chi connectivity index (χ1v) is 7.35. The lowest BCUT2D eigenvalue weighted by molar-refractivity contribution is 0.0526. The smallest absolute Gasteiger partial charge is 0.0750 e. The molecular weight excluding hydrogens is 236 g/mol. The van der Waals surface area contributed by atoms with Crippen molar-refractivity contribution in [2.45, 2.75) is 39.3 Å². The van der Waals surface area contributed by atoms with Gasteiger partial charge < -0.3 is 15.0 Å². The van der Waals surface area contributed by atoms with E-state index in [1.54, 1.807) is 0 Å². The van der Waals surface area contributed by atoms with Crippen LogP contribution in [0.15, 0.2) is 18.2 Å². The van der Waals surface area contributed by atoms with E-state index < -0.39 is 0 Å². The second kappa shape index (κ2) is 6.92. The van der Waals surface area contributed by atoms with Gasteiger partial charge in [0.1, 0.15) is 0 Å². The largest absolute Gasteiger partial charge is 0.377 e. The molecule has 1 aliphatic rings. The third-order valence-corrected chi connectivity index (χ3v) is 3.72. The molecule has 1 aromatic rings. The standard InChI is InChI=1S/C16H26N2O/c1-4-19-15-6-5-9-18(12-15)16-8-7-13(2)10-14(16)11-17-3/h7-8,10,15,17H,4-6,9,11-12H2,1-3H3. The summed E-state index contributed by atoms with van der Waals surface area (Å²) < 4.78 is 5.80. The first-order valence-electron chi connectivity index (χ1n) is 7.35. The number of anilines is 1. The molecule has 1 heterocycles. The average molecular weight is 262 g/mol. The van der Waals surface area contributed by atoms with Crippen molar-refractivity contribution < 1.29 is 4.74 Å². The number of hydrogen-bond donors (Lipinski definition) is 1. The van der Waals surface area contributed by atoms with Gasteiger partial charge in [0, 0.05) is 31.9 Å². The van der Waals surface area contributed by atoms with Gasteiger partial charge in [0.25, 0.3) is 0 Å². The summed E-state index contributed by atoms with van der Waals surface area (Å²) in [4.78, 5) is 2.48. The number of rotatable bonds is 5. The molecule has 0 bridgehead atoms. The summed E-state index contributed by atoms with van der Waals surface area (Å²) in [6.45, 7) is 8.14. The summed E-state index contributed by atoms with van der Waals surface area (Å²) in [5.41, 5.74) is 4.08. The summed E-state index contributed by atoms with van der Waals surface area (Å²) in [5.74, 6) is 0. The summed E-state index contributed by atoms with van der Waals surface area (Å²) in [6, 6.07) is 6.76. The molecule has 106 valence electrons. The molecule has 1 unspecified atom stereocenters. The molecule has 1 aromatic carbocycles. The number of aryl methyl sites for hydroxylation is 1. The summed E-state index contributed by atoms with van der Waals surface area (Å²) in [5, 5.41) is 3.27. The highest BCUT2D eigenvalue weighted by atomic mass is 16.5. The van der Waals surface area contributed by atoms with Gasteiger partial charge in [-0.3, -0.25) is 0 Å². The van der Waals surface area contributed by atoms with E-state index in [9.17, 15) is 0 Å². The van der Waals surface area contributed by atoms with Crippen LogP contribution in [-0.4, -0.2) is 32.8 Å². The number of ether oxygens (including phenoxy) is 1. The van der Waals surface area contributed by atoms with E-state index in [0.717, 1.165) is 26.2 Å². The third-order valence-electron chi connectivity index (χ3n) is 3.72. The molecule has 3 nitrogen and oxygen atoms in total. The normalized spacial score (nSPS) is 19.7. The first-order chi connectivity index (χ1) is 9.24. The summed E-state index contributed by atoms with van der Waals surface area (Å²) in [7, 11) is 2.01. The quantitative estimate of drug-likeness (QED) is 0.883. The Morgan fingerprint density at radius 2 is 2.26 bits per heavy atom. The molecule has 19 heavy (non-hydrogen) atoms. The zero-order valence-electron chi connectivity index (χ0n) is 12.4. The maximum Gasteiger partial charge on any atom is 0.0750 e. The van der Waals surface area contributed by atoms with E-state index in [-0.39, 0.29) is 0 Å². The molecule has 0 aliphatic carbocycles. The van der Waals surface area contributed by atoms with Gasteiger partial charge in [0.15, 0.2) is 0 Å². The fraction of sp³-hybridized carbons (Fsp3) is 0.625. The minimum Gasteiger partial charge on any atom is -0.377 e.